The first-order valence-corrected chi connectivity index (χ1v) is 7.36. The number of nitrogens with one attached hydrogen (secondary N) is 1. The van der Waals surface area contributed by atoms with Crippen LogP contribution < -0.4 is 5.32 Å². The van der Waals surface area contributed by atoms with Crippen molar-refractivity contribution in [3.8, 4) is 0 Å². The molecular weight excluding hydrogens is 246 g/mol. The van der Waals surface area contributed by atoms with Gasteiger partial charge in [0.1, 0.15) is 0 Å². The van der Waals surface area contributed by atoms with E-state index in [9.17, 15) is 0 Å². The molecule has 0 amide bonds. The molecule has 1 aliphatic carbocycles. The van der Waals surface area contributed by atoms with E-state index < -0.39 is 0 Å². The third kappa shape index (κ3) is 3.86. The predicted octanol–water partition coefficient (Wildman–Crippen LogP) is 3.02. The van der Waals surface area contributed by atoms with Crippen molar-refractivity contribution in [2.24, 2.45) is 4.99 Å². The van der Waals surface area contributed by atoms with Gasteiger partial charge in [-0.2, -0.15) is 0 Å². The van der Waals surface area contributed by atoms with Crippen LogP contribution >= 0.6 is 0 Å². The maximum atomic E-state index is 4.38. The Bertz CT molecular complexity index is 453. The maximum absolute atomic E-state index is 4.38. The van der Waals surface area contributed by atoms with Crippen molar-refractivity contribution in [1.82, 2.24) is 10.2 Å². The van der Waals surface area contributed by atoms with Gasteiger partial charge in [0.2, 0.25) is 0 Å². The van der Waals surface area contributed by atoms with E-state index in [1.807, 2.05) is 13.1 Å². The van der Waals surface area contributed by atoms with Crippen molar-refractivity contribution in [2.45, 2.75) is 31.2 Å². The van der Waals surface area contributed by atoms with Gasteiger partial charge in [-0.05, 0) is 24.8 Å². The van der Waals surface area contributed by atoms with E-state index in [1.165, 1.54) is 12.0 Å². The Kier molecular flexibility index (Phi) is 5.22. The summed E-state index contributed by atoms with van der Waals surface area (Å²) in [5, 5.41) is 3.57. The molecule has 0 aromatic heterocycles. The van der Waals surface area contributed by atoms with Crippen molar-refractivity contribution >= 4 is 5.96 Å². The zero-order chi connectivity index (χ0) is 14.4. The lowest BCUT2D eigenvalue weighted by molar-refractivity contribution is 0.469. The average molecular weight is 271 g/mol. The van der Waals surface area contributed by atoms with Crippen LogP contribution in [0.4, 0.5) is 0 Å². The number of nitrogens with zero attached hydrogens (tertiary/aromatic N) is 2. The first kappa shape index (κ1) is 14.6. The molecule has 1 saturated carbocycles. The van der Waals surface area contributed by atoms with Crippen LogP contribution in [0.5, 0.6) is 0 Å². The number of benzene rings is 1. The summed E-state index contributed by atoms with van der Waals surface area (Å²) in [5.41, 5.74) is 1.43. The van der Waals surface area contributed by atoms with E-state index in [-0.39, 0.29) is 0 Å². The number of aliphatic imine (C=N–C) groups is 1. The highest BCUT2D eigenvalue weighted by Gasteiger charge is 2.39. The van der Waals surface area contributed by atoms with Crippen LogP contribution in [0.2, 0.25) is 0 Å². The Morgan fingerprint density at radius 3 is 2.85 bits per heavy atom. The van der Waals surface area contributed by atoms with Crippen molar-refractivity contribution in [2.75, 3.05) is 20.6 Å². The van der Waals surface area contributed by atoms with Crippen LogP contribution in [0.3, 0.4) is 0 Å². The molecule has 2 unspecified atom stereocenters. The first-order chi connectivity index (χ1) is 9.76. The fourth-order valence-corrected chi connectivity index (χ4v) is 2.51. The van der Waals surface area contributed by atoms with Crippen molar-refractivity contribution < 1.29 is 0 Å². The molecule has 0 aliphatic heterocycles. The molecule has 0 saturated heterocycles. The standard InChI is InChI=1S/C17H25N3/c1-4-5-9-12-20(3)17(18-2)19-16-13-15(16)14-10-7-6-8-11-14/h4,6-8,10-11,15-16H,1,5,9,12-13H2,2-3H3,(H,18,19). The minimum atomic E-state index is 0.526. The third-order valence-corrected chi connectivity index (χ3v) is 3.81. The Balaban J connectivity index is 1.82. The van der Waals surface area contributed by atoms with Crippen LogP contribution in [-0.2, 0) is 0 Å². The molecule has 3 nitrogen and oxygen atoms in total. The van der Waals surface area contributed by atoms with E-state index in [4.69, 9.17) is 0 Å². The van der Waals surface area contributed by atoms with E-state index in [1.54, 1.807) is 0 Å². The molecule has 0 heterocycles. The number of rotatable bonds is 6. The van der Waals surface area contributed by atoms with Gasteiger partial charge in [0, 0.05) is 32.6 Å². The molecule has 2 atom stereocenters. The Labute approximate surface area is 122 Å². The van der Waals surface area contributed by atoms with E-state index in [0.29, 0.717) is 12.0 Å². The van der Waals surface area contributed by atoms with Gasteiger partial charge in [0.05, 0.1) is 0 Å². The van der Waals surface area contributed by atoms with Crippen molar-refractivity contribution in [1.29, 1.82) is 0 Å². The highest BCUT2D eigenvalue weighted by molar-refractivity contribution is 5.80. The van der Waals surface area contributed by atoms with E-state index in [2.05, 4.69) is 59.2 Å². The van der Waals surface area contributed by atoms with Gasteiger partial charge in [0.25, 0.3) is 0 Å². The largest absolute Gasteiger partial charge is 0.353 e. The Morgan fingerprint density at radius 2 is 2.20 bits per heavy atom. The van der Waals surface area contributed by atoms with Gasteiger partial charge in [0.15, 0.2) is 5.96 Å². The molecule has 0 bridgehead atoms. The minimum absolute atomic E-state index is 0.526. The molecule has 0 radical (unpaired) electrons. The van der Waals surface area contributed by atoms with Gasteiger partial charge < -0.3 is 10.2 Å². The summed E-state index contributed by atoms with van der Waals surface area (Å²) >= 11 is 0. The summed E-state index contributed by atoms with van der Waals surface area (Å²) in [5.74, 6) is 1.63. The van der Waals surface area contributed by atoms with Gasteiger partial charge in [-0.3, -0.25) is 4.99 Å². The van der Waals surface area contributed by atoms with Crippen molar-refractivity contribution in [3.05, 3.63) is 48.6 Å². The fraction of sp³-hybridized carbons (Fsp3) is 0.471. The van der Waals surface area contributed by atoms with E-state index >= 15 is 0 Å². The molecule has 1 fully saturated rings. The normalized spacial score (nSPS) is 21.4. The SMILES string of the molecule is C=CCCCN(C)C(=NC)NC1CC1c1ccccc1. The van der Waals surface area contributed by atoms with Crippen LogP contribution in [0.25, 0.3) is 0 Å². The number of hydrogen-bond acceptors (Lipinski definition) is 1. The highest BCUT2D eigenvalue weighted by Crippen LogP contribution is 2.40. The van der Waals surface area contributed by atoms with Gasteiger partial charge in [-0.15, -0.1) is 6.58 Å². The summed E-state index contributed by atoms with van der Waals surface area (Å²) in [6, 6.07) is 11.2. The molecule has 3 heteroatoms. The second kappa shape index (κ2) is 7.13. The van der Waals surface area contributed by atoms with Gasteiger partial charge in [-0.25, -0.2) is 0 Å². The molecule has 2 rings (SSSR count). The predicted molar refractivity (Wildman–Crippen MR) is 86.1 cm³/mol. The molecule has 1 aliphatic rings. The van der Waals surface area contributed by atoms with Crippen LogP contribution in [-0.4, -0.2) is 37.5 Å². The molecule has 1 aromatic rings. The number of guanidine groups is 1. The lowest BCUT2D eigenvalue weighted by atomic mass is 10.1. The minimum Gasteiger partial charge on any atom is -0.353 e. The Hall–Kier alpha value is -1.77. The summed E-state index contributed by atoms with van der Waals surface area (Å²) in [6.45, 7) is 4.77. The van der Waals surface area contributed by atoms with Crippen LogP contribution in [0, 0.1) is 0 Å². The number of hydrogen-bond donors (Lipinski definition) is 1. The lowest BCUT2D eigenvalue weighted by Crippen LogP contribution is -2.40. The monoisotopic (exact) mass is 271 g/mol. The van der Waals surface area contributed by atoms with Crippen LogP contribution in [0.1, 0.15) is 30.7 Å². The number of unbranched alkanes of at least 4 members (excludes halogenated alkanes) is 1. The first-order valence-electron chi connectivity index (χ1n) is 7.36. The highest BCUT2D eigenvalue weighted by atomic mass is 15.3. The second-order valence-corrected chi connectivity index (χ2v) is 5.40. The molecular formula is C17H25N3. The summed E-state index contributed by atoms with van der Waals surface area (Å²) < 4.78 is 0. The quantitative estimate of drug-likeness (QED) is 0.373. The summed E-state index contributed by atoms with van der Waals surface area (Å²) in [7, 11) is 3.95. The average Bonchev–Trinajstić information content (AvgIpc) is 3.25. The second-order valence-electron chi connectivity index (χ2n) is 5.40. The van der Waals surface area contributed by atoms with Crippen molar-refractivity contribution in [3.63, 3.8) is 0 Å². The van der Waals surface area contributed by atoms with Gasteiger partial charge >= 0.3 is 0 Å². The smallest absolute Gasteiger partial charge is 0.193 e. The molecule has 108 valence electrons. The zero-order valence-corrected chi connectivity index (χ0v) is 12.5. The topological polar surface area (TPSA) is 27.6 Å². The molecule has 1 N–H and O–H groups in total. The summed E-state index contributed by atoms with van der Waals surface area (Å²) in [6.07, 6.45) is 5.34. The number of allylic oxidation sites excluding steroid dienone is 1. The lowest BCUT2D eigenvalue weighted by Gasteiger charge is -2.22. The maximum Gasteiger partial charge on any atom is 0.193 e. The van der Waals surface area contributed by atoms with Crippen LogP contribution in [0.15, 0.2) is 48.0 Å². The Morgan fingerprint density at radius 1 is 1.45 bits per heavy atom. The zero-order valence-electron chi connectivity index (χ0n) is 12.5. The van der Waals surface area contributed by atoms with E-state index in [0.717, 1.165) is 25.3 Å². The van der Waals surface area contributed by atoms with Gasteiger partial charge in [-0.1, -0.05) is 36.4 Å². The third-order valence-electron chi connectivity index (χ3n) is 3.81. The molecule has 20 heavy (non-hydrogen) atoms. The molecule has 1 aromatic carbocycles. The molecule has 0 spiro atoms. The summed E-state index contributed by atoms with van der Waals surface area (Å²) in [4.78, 5) is 6.58. The fourth-order valence-electron chi connectivity index (χ4n) is 2.51.